The van der Waals surface area contributed by atoms with Crippen LogP contribution >= 0.6 is 27.3 Å². The lowest BCUT2D eigenvalue weighted by Gasteiger charge is -2.22. The number of rotatable bonds is 2. The highest BCUT2D eigenvalue weighted by atomic mass is 79.9. The number of allylic oxidation sites excluding steroid dienone is 1. The summed E-state index contributed by atoms with van der Waals surface area (Å²) in [6.07, 6.45) is 0. The minimum Gasteiger partial charge on any atom is -0.421 e. The summed E-state index contributed by atoms with van der Waals surface area (Å²) >= 11 is 5.08. The van der Waals surface area contributed by atoms with Crippen molar-refractivity contribution < 1.29 is 4.74 Å². The Morgan fingerprint density at radius 2 is 1.84 bits per heavy atom. The van der Waals surface area contributed by atoms with E-state index in [2.05, 4.69) is 27.0 Å². The van der Waals surface area contributed by atoms with E-state index in [0.29, 0.717) is 11.5 Å². The molecular weight excluding hydrogens is 398 g/mol. The van der Waals surface area contributed by atoms with Gasteiger partial charge in [-0.3, -0.25) is 0 Å². The number of nitriles is 1. The van der Waals surface area contributed by atoms with Crippen molar-refractivity contribution in [3.8, 4) is 22.5 Å². The van der Waals surface area contributed by atoms with Crippen LogP contribution in [0.2, 0.25) is 0 Å². The van der Waals surface area contributed by atoms with Crippen LogP contribution in [-0.4, -0.2) is 4.98 Å². The first-order valence-corrected chi connectivity index (χ1v) is 9.18. The van der Waals surface area contributed by atoms with Crippen LogP contribution in [0, 0.1) is 11.3 Å². The van der Waals surface area contributed by atoms with Gasteiger partial charge in [0.25, 0.3) is 0 Å². The fourth-order valence-corrected chi connectivity index (χ4v) is 4.61. The molecule has 0 fully saturated rings. The molecule has 2 N–H and O–H groups in total. The molecule has 3 aromatic rings. The van der Waals surface area contributed by atoms with E-state index in [1.54, 1.807) is 0 Å². The van der Waals surface area contributed by atoms with Crippen molar-refractivity contribution in [1.82, 2.24) is 4.98 Å². The normalized spacial score (nSPS) is 16.1. The van der Waals surface area contributed by atoms with Crippen molar-refractivity contribution in [1.29, 1.82) is 5.26 Å². The van der Waals surface area contributed by atoms with Gasteiger partial charge in [-0.05, 0) is 11.6 Å². The Bertz CT molecular complexity index is 1020. The zero-order chi connectivity index (χ0) is 17.4. The molecule has 1 aliphatic heterocycles. The maximum atomic E-state index is 9.60. The molecule has 122 valence electrons. The van der Waals surface area contributed by atoms with Gasteiger partial charge in [0.15, 0.2) is 0 Å². The molecule has 0 bridgehead atoms. The van der Waals surface area contributed by atoms with Crippen molar-refractivity contribution in [3.63, 3.8) is 0 Å². The van der Waals surface area contributed by atoms with Crippen LogP contribution in [0.5, 0.6) is 5.88 Å². The van der Waals surface area contributed by atoms with Crippen LogP contribution in [0.1, 0.15) is 16.4 Å². The highest BCUT2D eigenvalue weighted by Crippen LogP contribution is 2.47. The first-order valence-electron chi connectivity index (χ1n) is 7.57. The maximum Gasteiger partial charge on any atom is 0.236 e. The van der Waals surface area contributed by atoms with Gasteiger partial charge in [0.2, 0.25) is 11.8 Å². The molecule has 0 spiro atoms. The van der Waals surface area contributed by atoms with Crippen molar-refractivity contribution >= 4 is 27.3 Å². The summed E-state index contributed by atoms with van der Waals surface area (Å²) in [6, 6.07) is 19.9. The van der Waals surface area contributed by atoms with Crippen LogP contribution in [0.15, 0.2) is 70.5 Å². The summed E-state index contributed by atoms with van der Waals surface area (Å²) < 4.78 is 6.61. The zero-order valence-electron chi connectivity index (χ0n) is 12.9. The molecule has 1 atom stereocenters. The summed E-state index contributed by atoms with van der Waals surface area (Å²) in [7, 11) is 0. The smallest absolute Gasteiger partial charge is 0.236 e. The number of nitrogens with zero attached hydrogens (tertiary/aromatic N) is 2. The second-order valence-corrected chi connectivity index (χ2v) is 7.39. The first-order chi connectivity index (χ1) is 12.2. The van der Waals surface area contributed by atoms with Gasteiger partial charge in [-0.1, -0.05) is 64.5 Å². The van der Waals surface area contributed by atoms with E-state index in [0.717, 1.165) is 25.5 Å². The quantitative estimate of drug-likeness (QED) is 0.660. The molecular formula is C19H12BrN3OS. The van der Waals surface area contributed by atoms with Crippen molar-refractivity contribution in [3.05, 3.63) is 81.0 Å². The van der Waals surface area contributed by atoms with Crippen LogP contribution in [0.25, 0.3) is 10.6 Å². The molecule has 0 saturated heterocycles. The third kappa shape index (κ3) is 2.72. The zero-order valence-corrected chi connectivity index (χ0v) is 15.3. The molecule has 0 saturated carbocycles. The molecule has 4 rings (SSSR count). The predicted molar refractivity (Wildman–Crippen MR) is 101 cm³/mol. The number of ether oxygens (including phenoxy) is 1. The molecule has 25 heavy (non-hydrogen) atoms. The monoisotopic (exact) mass is 409 g/mol. The summed E-state index contributed by atoms with van der Waals surface area (Å²) in [5, 5.41) is 10.4. The minimum atomic E-state index is -0.260. The second-order valence-electron chi connectivity index (χ2n) is 5.50. The standard InChI is InChI=1S/C19H12BrN3OS/c20-14-9-5-4-8-12(14)19-23-18-16(25-19)15(11-6-2-1-3-7-11)13(10-21)17(22)24-18/h1-9,15H,22H2/t15-/m1/s1. The molecule has 0 amide bonds. The summed E-state index contributed by atoms with van der Waals surface area (Å²) in [4.78, 5) is 5.51. The van der Waals surface area contributed by atoms with Crippen LogP contribution in [0.3, 0.4) is 0 Å². The molecule has 2 aromatic carbocycles. The van der Waals surface area contributed by atoms with E-state index in [9.17, 15) is 5.26 Å². The predicted octanol–water partition coefficient (Wildman–Crippen LogP) is 4.79. The average Bonchev–Trinajstić information content (AvgIpc) is 3.04. The lowest BCUT2D eigenvalue weighted by Crippen LogP contribution is -2.20. The number of hydrogen-bond donors (Lipinski definition) is 1. The number of benzene rings is 2. The third-order valence-electron chi connectivity index (χ3n) is 4.00. The summed E-state index contributed by atoms with van der Waals surface area (Å²) in [5.74, 6) is 0.331. The number of thiazole rings is 1. The van der Waals surface area contributed by atoms with Gasteiger partial charge < -0.3 is 10.5 Å². The van der Waals surface area contributed by atoms with E-state index in [-0.39, 0.29) is 11.8 Å². The molecule has 2 heterocycles. The van der Waals surface area contributed by atoms with Crippen LogP contribution in [0.4, 0.5) is 0 Å². The largest absolute Gasteiger partial charge is 0.421 e. The van der Waals surface area contributed by atoms with Gasteiger partial charge in [0.05, 0.1) is 10.8 Å². The Balaban J connectivity index is 1.89. The summed E-state index contributed by atoms with van der Waals surface area (Å²) in [5.41, 5.74) is 8.39. The van der Waals surface area contributed by atoms with Crippen LogP contribution in [-0.2, 0) is 0 Å². The molecule has 6 heteroatoms. The van der Waals surface area contributed by atoms with E-state index in [1.165, 1.54) is 11.3 Å². The van der Waals surface area contributed by atoms with Crippen molar-refractivity contribution in [2.24, 2.45) is 5.73 Å². The summed E-state index contributed by atoms with van der Waals surface area (Å²) in [6.45, 7) is 0. The molecule has 4 nitrogen and oxygen atoms in total. The van der Waals surface area contributed by atoms with Crippen molar-refractivity contribution in [2.75, 3.05) is 0 Å². The highest BCUT2D eigenvalue weighted by Gasteiger charge is 2.34. The Labute approximate surface area is 157 Å². The van der Waals surface area contributed by atoms with Crippen molar-refractivity contribution in [2.45, 2.75) is 5.92 Å². The average molecular weight is 410 g/mol. The molecule has 0 unspecified atom stereocenters. The maximum absolute atomic E-state index is 9.60. The highest BCUT2D eigenvalue weighted by molar-refractivity contribution is 9.10. The molecule has 1 aliphatic rings. The minimum absolute atomic E-state index is 0.118. The Kier molecular flexibility index (Phi) is 4.04. The van der Waals surface area contributed by atoms with E-state index in [4.69, 9.17) is 10.5 Å². The van der Waals surface area contributed by atoms with E-state index in [1.807, 2.05) is 54.6 Å². The lowest BCUT2D eigenvalue weighted by molar-refractivity contribution is 0.383. The number of halogens is 1. The molecule has 1 aromatic heterocycles. The fourth-order valence-electron chi connectivity index (χ4n) is 2.84. The first kappa shape index (κ1) is 15.9. The number of fused-ring (bicyclic) bond motifs is 1. The van der Waals surface area contributed by atoms with Gasteiger partial charge in [0.1, 0.15) is 16.6 Å². The molecule has 0 radical (unpaired) electrons. The number of hydrogen-bond acceptors (Lipinski definition) is 5. The number of aromatic nitrogens is 1. The number of nitrogens with two attached hydrogens (primary N) is 1. The van der Waals surface area contributed by atoms with Gasteiger partial charge in [-0.2, -0.15) is 5.26 Å². The molecule has 0 aliphatic carbocycles. The van der Waals surface area contributed by atoms with E-state index < -0.39 is 0 Å². The van der Waals surface area contributed by atoms with Gasteiger partial charge in [-0.15, -0.1) is 11.3 Å². The Morgan fingerprint density at radius 3 is 2.56 bits per heavy atom. The van der Waals surface area contributed by atoms with Crippen LogP contribution < -0.4 is 10.5 Å². The Hall–Kier alpha value is -2.62. The fraction of sp³-hybridized carbons (Fsp3) is 0.0526. The van der Waals surface area contributed by atoms with E-state index >= 15 is 0 Å². The van der Waals surface area contributed by atoms with Gasteiger partial charge in [0, 0.05) is 10.0 Å². The topological polar surface area (TPSA) is 71.9 Å². The second kappa shape index (κ2) is 6.36. The SMILES string of the molecule is N#CC1=C(N)Oc2nc(-c3ccccc3Br)sc2[C@@H]1c1ccccc1. The Morgan fingerprint density at radius 1 is 1.12 bits per heavy atom. The van der Waals surface area contributed by atoms with Gasteiger partial charge >= 0.3 is 0 Å². The van der Waals surface area contributed by atoms with Gasteiger partial charge in [-0.25, -0.2) is 4.98 Å². The third-order valence-corrected chi connectivity index (χ3v) is 5.83. The lowest BCUT2D eigenvalue weighted by atomic mass is 9.89.